The Balaban J connectivity index is 1.99. The molecule has 0 spiro atoms. The Morgan fingerprint density at radius 2 is 2.23 bits per heavy atom. The van der Waals surface area contributed by atoms with Crippen molar-refractivity contribution in [2.24, 2.45) is 0 Å². The van der Waals surface area contributed by atoms with Gasteiger partial charge in [0.2, 0.25) is 5.91 Å². The van der Waals surface area contributed by atoms with E-state index in [-0.39, 0.29) is 24.1 Å². The number of fused-ring (bicyclic) bond motifs is 1. The van der Waals surface area contributed by atoms with Crippen LogP contribution in [0.2, 0.25) is 5.02 Å². The summed E-state index contributed by atoms with van der Waals surface area (Å²) in [5.41, 5.74) is 1.12. The molecule has 0 saturated heterocycles. The van der Waals surface area contributed by atoms with E-state index < -0.39 is 5.82 Å². The molecule has 22 heavy (non-hydrogen) atoms. The van der Waals surface area contributed by atoms with E-state index in [0.717, 1.165) is 12.0 Å². The zero-order chi connectivity index (χ0) is 16.1. The van der Waals surface area contributed by atoms with Gasteiger partial charge in [0.05, 0.1) is 18.6 Å². The van der Waals surface area contributed by atoms with Crippen LogP contribution in [0.15, 0.2) is 12.1 Å². The van der Waals surface area contributed by atoms with E-state index in [2.05, 4.69) is 4.74 Å². The number of ether oxygens (including phenoxy) is 1. The summed E-state index contributed by atoms with van der Waals surface area (Å²) in [5.74, 6) is -0.210. The minimum atomic E-state index is -0.460. The van der Waals surface area contributed by atoms with Crippen LogP contribution >= 0.6 is 23.4 Å². The van der Waals surface area contributed by atoms with Crippen molar-refractivity contribution in [3.05, 3.63) is 28.5 Å². The Morgan fingerprint density at radius 1 is 1.45 bits per heavy atom. The number of carbonyl (C=O) groups excluding carboxylic acids is 2. The number of aryl methyl sites for hydroxylation is 1. The van der Waals surface area contributed by atoms with Crippen molar-refractivity contribution in [3.8, 4) is 0 Å². The number of halogens is 2. The van der Waals surface area contributed by atoms with Gasteiger partial charge in [-0.2, -0.15) is 0 Å². The zero-order valence-electron chi connectivity index (χ0n) is 12.2. The first kappa shape index (κ1) is 17.1. The highest BCUT2D eigenvalue weighted by Gasteiger charge is 2.26. The van der Waals surface area contributed by atoms with E-state index >= 15 is 0 Å². The third-order valence-electron chi connectivity index (χ3n) is 3.41. The summed E-state index contributed by atoms with van der Waals surface area (Å²) in [4.78, 5) is 24.8. The Bertz CT molecular complexity index is 582. The molecule has 1 aliphatic heterocycles. The Kier molecular flexibility index (Phi) is 6.08. The molecule has 1 aromatic rings. The number of amides is 1. The third kappa shape index (κ3) is 4.14. The topological polar surface area (TPSA) is 46.6 Å². The molecule has 0 atom stereocenters. The lowest BCUT2D eigenvalue weighted by Gasteiger charge is -2.30. The van der Waals surface area contributed by atoms with E-state index in [1.807, 2.05) is 0 Å². The fourth-order valence-corrected chi connectivity index (χ4v) is 3.39. The molecule has 0 aromatic heterocycles. The highest BCUT2D eigenvalue weighted by molar-refractivity contribution is 7.99. The summed E-state index contributed by atoms with van der Waals surface area (Å²) in [7, 11) is 1.33. The van der Waals surface area contributed by atoms with Crippen LogP contribution in [0.5, 0.6) is 0 Å². The monoisotopic (exact) mass is 345 g/mol. The highest BCUT2D eigenvalue weighted by atomic mass is 35.5. The van der Waals surface area contributed by atoms with Gasteiger partial charge >= 0.3 is 5.97 Å². The second kappa shape index (κ2) is 7.83. The van der Waals surface area contributed by atoms with Crippen molar-refractivity contribution in [1.29, 1.82) is 0 Å². The van der Waals surface area contributed by atoms with Crippen LogP contribution in [0, 0.1) is 5.82 Å². The van der Waals surface area contributed by atoms with Crippen molar-refractivity contribution < 1.29 is 18.7 Å². The molecule has 0 N–H and O–H groups in total. The number of carbonyl (C=O) groups is 2. The second-order valence-electron chi connectivity index (χ2n) is 4.92. The van der Waals surface area contributed by atoms with Gasteiger partial charge in [-0.05, 0) is 30.5 Å². The van der Waals surface area contributed by atoms with Crippen molar-refractivity contribution in [3.63, 3.8) is 0 Å². The number of hydrogen-bond donors (Lipinski definition) is 0. The first-order valence-corrected chi connectivity index (χ1v) is 8.49. The van der Waals surface area contributed by atoms with Gasteiger partial charge in [-0.15, -0.1) is 11.8 Å². The molecule has 2 rings (SSSR count). The number of rotatable bonds is 5. The van der Waals surface area contributed by atoms with Crippen molar-refractivity contribution in [1.82, 2.24) is 0 Å². The van der Waals surface area contributed by atoms with Crippen LogP contribution in [0.1, 0.15) is 18.4 Å². The lowest BCUT2D eigenvalue weighted by molar-refractivity contribution is -0.137. The number of thioether (sulfide) groups is 1. The van der Waals surface area contributed by atoms with Crippen molar-refractivity contribution in [2.75, 3.05) is 30.1 Å². The van der Waals surface area contributed by atoms with Crippen LogP contribution in [-0.4, -0.2) is 37.0 Å². The third-order valence-corrected chi connectivity index (χ3v) is 4.56. The molecular formula is C15H17ClFNO3S. The fourth-order valence-electron chi connectivity index (χ4n) is 2.41. The Morgan fingerprint density at radius 3 is 2.95 bits per heavy atom. The minimum absolute atomic E-state index is 0.139. The summed E-state index contributed by atoms with van der Waals surface area (Å²) in [6, 6.07) is 2.95. The average Bonchev–Trinajstić information content (AvgIpc) is 2.50. The number of nitrogens with zero attached hydrogens (tertiary/aromatic N) is 1. The van der Waals surface area contributed by atoms with Gasteiger partial charge < -0.3 is 9.64 Å². The van der Waals surface area contributed by atoms with E-state index in [1.165, 1.54) is 29.8 Å². The van der Waals surface area contributed by atoms with Gasteiger partial charge in [0.15, 0.2) is 0 Å². The van der Waals surface area contributed by atoms with Gasteiger partial charge in [-0.25, -0.2) is 4.39 Å². The molecule has 0 aliphatic carbocycles. The number of hydrogen-bond acceptors (Lipinski definition) is 4. The summed E-state index contributed by atoms with van der Waals surface area (Å²) in [6.07, 6.45) is 1.75. The predicted molar refractivity (Wildman–Crippen MR) is 86.0 cm³/mol. The standard InChI is InChI=1S/C15H17ClFNO3S/c1-21-14(20)9-22-6-4-13(19)18-5-2-3-10-7-11(16)8-12(17)15(10)18/h7-8H,2-6,9H2,1H3. The molecule has 120 valence electrons. The second-order valence-corrected chi connectivity index (χ2v) is 6.46. The molecule has 0 radical (unpaired) electrons. The fraction of sp³-hybridized carbons (Fsp3) is 0.467. The summed E-state index contributed by atoms with van der Waals surface area (Å²) in [6.45, 7) is 0.506. The van der Waals surface area contributed by atoms with Crippen LogP contribution < -0.4 is 4.90 Å². The molecule has 0 unspecified atom stereocenters. The normalized spacial score (nSPS) is 13.7. The van der Waals surface area contributed by atoms with Crippen LogP contribution in [0.25, 0.3) is 0 Å². The molecular weight excluding hydrogens is 329 g/mol. The molecule has 0 fully saturated rings. The van der Waals surface area contributed by atoms with Crippen molar-refractivity contribution >= 4 is 40.9 Å². The summed E-state index contributed by atoms with van der Waals surface area (Å²) in [5, 5.41) is 0.346. The smallest absolute Gasteiger partial charge is 0.315 e. The molecule has 7 heteroatoms. The van der Waals surface area contributed by atoms with Crippen LogP contribution in [0.4, 0.5) is 10.1 Å². The quantitative estimate of drug-likeness (QED) is 0.608. The van der Waals surface area contributed by atoms with Gasteiger partial charge in [-0.3, -0.25) is 9.59 Å². The van der Waals surface area contributed by atoms with Gasteiger partial charge in [0.1, 0.15) is 5.82 Å². The lowest BCUT2D eigenvalue weighted by Crippen LogP contribution is -2.36. The molecule has 1 aromatic carbocycles. The minimum Gasteiger partial charge on any atom is -0.468 e. The van der Waals surface area contributed by atoms with E-state index in [0.29, 0.717) is 29.4 Å². The number of benzene rings is 1. The van der Waals surface area contributed by atoms with Gasteiger partial charge in [0.25, 0.3) is 0 Å². The molecule has 0 bridgehead atoms. The maximum atomic E-state index is 14.1. The first-order valence-electron chi connectivity index (χ1n) is 6.95. The molecule has 4 nitrogen and oxygen atoms in total. The van der Waals surface area contributed by atoms with Gasteiger partial charge in [-0.1, -0.05) is 11.6 Å². The number of anilines is 1. The zero-order valence-corrected chi connectivity index (χ0v) is 13.8. The average molecular weight is 346 g/mol. The van der Waals surface area contributed by atoms with Crippen LogP contribution in [-0.2, 0) is 20.7 Å². The van der Waals surface area contributed by atoms with E-state index in [4.69, 9.17) is 11.6 Å². The molecule has 1 aliphatic rings. The number of methoxy groups -OCH3 is 1. The van der Waals surface area contributed by atoms with Gasteiger partial charge in [0, 0.05) is 23.7 Å². The summed E-state index contributed by atoms with van der Waals surface area (Å²) >= 11 is 7.19. The SMILES string of the molecule is COC(=O)CSCCC(=O)N1CCCc2cc(Cl)cc(F)c21. The van der Waals surface area contributed by atoms with Crippen molar-refractivity contribution in [2.45, 2.75) is 19.3 Å². The maximum Gasteiger partial charge on any atom is 0.315 e. The molecule has 1 heterocycles. The largest absolute Gasteiger partial charge is 0.468 e. The Hall–Kier alpha value is -1.27. The predicted octanol–water partition coefficient (Wildman–Crippen LogP) is 3.05. The lowest BCUT2D eigenvalue weighted by atomic mass is 10.0. The van der Waals surface area contributed by atoms with E-state index in [1.54, 1.807) is 6.07 Å². The first-order chi connectivity index (χ1) is 10.5. The molecule has 1 amide bonds. The molecule has 0 saturated carbocycles. The maximum absolute atomic E-state index is 14.1. The van der Waals surface area contributed by atoms with E-state index in [9.17, 15) is 14.0 Å². The van der Waals surface area contributed by atoms with Crippen LogP contribution in [0.3, 0.4) is 0 Å². The number of esters is 1. The highest BCUT2D eigenvalue weighted by Crippen LogP contribution is 2.33. The Labute approximate surface area is 137 Å². The summed E-state index contributed by atoms with van der Waals surface area (Å²) < 4.78 is 18.7.